The van der Waals surface area contributed by atoms with Gasteiger partial charge in [-0.3, -0.25) is 14.5 Å². The van der Waals surface area contributed by atoms with Crippen LogP contribution in [0.1, 0.15) is 18.5 Å². The maximum absolute atomic E-state index is 13.0. The normalized spacial score (nSPS) is 16.2. The van der Waals surface area contributed by atoms with E-state index in [1.807, 2.05) is 0 Å². The van der Waals surface area contributed by atoms with Gasteiger partial charge in [0, 0.05) is 24.1 Å². The maximum atomic E-state index is 13.0. The van der Waals surface area contributed by atoms with E-state index in [2.05, 4.69) is 14.9 Å². The first kappa shape index (κ1) is 16.3. The molecule has 1 amide bonds. The van der Waals surface area contributed by atoms with Crippen molar-refractivity contribution in [2.45, 2.75) is 19.4 Å². The van der Waals surface area contributed by atoms with Crippen molar-refractivity contribution in [1.82, 2.24) is 14.9 Å². The first-order valence-corrected chi connectivity index (χ1v) is 7.89. The molecule has 2 heterocycles. The Bertz CT molecular complexity index is 780. The minimum Gasteiger partial charge on any atom is -0.369 e. The molecule has 1 aromatic heterocycles. The van der Waals surface area contributed by atoms with Crippen LogP contribution in [0.4, 0.5) is 4.39 Å². The maximum Gasteiger partial charge on any atom is 0.251 e. The molecule has 0 spiro atoms. The number of nitrogens with zero attached hydrogens (tertiary/aromatic N) is 2. The Kier molecular flexibility index (Phi) is 4.71. The van der Waals surface area contributed by atoms with Crippen LogP contribution in [0.5, 0.6) is 0 Å². The SMILES string of the molecule is NC(=O)C1CCN(Cc2cc(=O)[nH]c(-c3ccc(F)cc3)n2)CC1. The zero-order chi connectivity index (χ0) is 17.1. The molecule has 1 aromatic carbocycles. The van der Waals surface area contributed by atoms with Crippen molar-refractivity contribution in [3.8, 4) is 11.4 Å². The number of piperidine rings is 1. The van der Waals surface area contributed by atoms with Gasteiger partial charge in [0.2, 0.25) is 5.91 Å². The van der Waals surface area contributed by atoms with Gasteiger partial charge >= 0.3 is 0 Å². The monoisotopic (exact) mass is 330 g/mol. The van der Waals surface area contributed by atoms with E-state index in [1.54, 1.807) is 12.1 Å². The largest absolute Gasteiger partial charge is 0.369 e. The van der Waals surface area contributed by atoms with Gasteiger partial charge in [-0.2, -0.15) is 0 Å². The lowest BCUT2D eigenvalue weighted by Crippen LogP contribution is -2.38. The summed E-state index contributed by atoms with van der Waals surface area (Å²) in [6, 6.07) is 7.28. The topological polar surface area (TPSA) is 92.1 Å². The Morgan fingerprint density at radius 1 is 1.29 bits per heavy atom. The van der Waals surface area contributed by atoms with Gasteiger partial charge in [0.25, 0.3) is 5.56 Å². The number of nitrogens with one attached hydrogen (secondary N) is 1. The van der Waals surface area contributed by atoms with E-state index in [0.717, 1.165) is 25.9 Å². The van der Waals surface area contributed by atoms with Gasteiger partial charge in [-0.25, -0.2) is 9.37 Å². The van der Waals surface area contributed by atoms with Crippen molar-refractivity contribution in [3.63, 3.8) is 0 Å². The third-order valence-corrected chi connectivity index (χ3v) is 4.29. The molecular weight excluding hydrogens is 311 g/mol. The average Bonchev–Trinajstić information content (AvgIpc) is 2.55. The number of halogens is 1. The number of primary amides is 1. The molecular formula is C17H19FN4O2. The van der Waals surface area contributed by atoms with Gasteiger partial charge < -0.3 is 10.7 Å². The number of carbonyl (C=O) groups excluding carboxylic acids is 1. The molecule has 0 saturated carbocycles. The summed E-state index contributed by atoms with van der Waals surface area (Å²) in [5.41, 5.74) is 6.40. The summed E-state index contributed by atoms with van der Waals surface area (Å²) < 4.78 is 13.0. The fraction of sp³-hybridized carbons (Fsp3) is 0.353. The number of hydrogen-bond acceptors (Lipinski definition) is 4. The van der Waals surface area contributed by atoms with Gasteiger partial charge in [0.1, 0.15) is 11.6 Å². The van der Waals surface area contributed by atoms with E-state index in [-0.39, 0.29) is 23.2 Å². The highest BCUT2D eigenvalue weighted by Crippen LogP contribution is 2.19. The highest BCUT2D eigenvalue weighted by molar-refractivity contribution is 5.76. The van der Waals surface area contributed by atoms with Crippen LogP contribution in [-0.2, 0) is 11.3 Å². The van der Waals surface area contributed by atoms with Gasteiger partial charge in [-0.05, 0) is 50.2 Å². The van der Waals surface area contributed by atoms with E-state index < -0.39 is 0 Å². The Hall–Kier alpha value is -2.54. The molecule has 7 heteroatoms. The van der Waals surface area contributed by atoms with Crippen LogP contribution in [0, 0.1) is 11.7 Å². The molecule has 0 bridgehead atoms. The van der Waals surface area contributed by atoms with Crippen LogP contribution in [0.2, 0.25) is 0 Å². The molecule has 24 heavy (non-hydrogen) atoms. The Morgan fingerprint density at radius 2 is 1.96 bits per heavy atom. The summed E-state index contributed by atoms with van der Waals surface area (Å²) in [4.78, 5) is 32.4. The molecule has 6 nitrogen and oxygen atoms in total. The highest BCUT2D eigenvalue weighted by Gasteiger charge is 2.23. The first-order valence-electron chi connectivity index (χ1n) is 7.89. The Morgan fingerprint density at radius 3 is 2.58 bits per heavy atom. The molecule has 126 valence electrons. The molecule has 0 aliphatic carbocycles. The second-order valence-corrected chi connectivity index (χ2v) is 6.05. The van der Waals surface area contributed by atoms with Crippen molar-refractivity contribution < 1.29 is 9.18 Å². The molecule has 1 fully saturated rings. The molecule has 0 atom stereocenters. The number of nitrogens with two attached hydrogens (primary N) is 1. The number of benzene rings is 1. The number of H-pyrrole nitrogens is 1. The number of aromatic amines is 1. The number of aromatic nitrogens is 2. The summed E-state index contributed by atoms with van der Waals surface area (Å²) in [6.07, 6.45) is 1.45. The Balaban J connectivity index is 1.74. The summed E-state index contributed by atoms with van der Waals surface area (Å²) >= 11 is 0. The van der Waals surface area contributed by atoms with E-state index in [0.29, 0.717) is 23.6 Å². The number of hydrogen-bond donors (Lipinski definition) is 2. The molecule has 1 aliphatic rings. The molecule has 0 radical (unpaired) electrons. The smallest absolute Gasteiger partial charge is 0.251 e. The van der Waals surface area contributed by atoms with E-state index in [9.17, 15) is 14.0 Å². The zero-order valence-corrected chi connectivity index (χ0v) is 13.2. The van der Waals surface area contributed by atoms with Gasteiger partial charge in [-0.15, -0.1) is 0 Å². The second kappa shape index (κ2) is 6.92. The van der Waals surface area contributed by atoms with Crippen LogP contribution in [-0.4, -0.2) is 33.9 Å². The van der Waals surface area contributed by atoms with Crippen LogP contribution >= 0.6 is 0 Å². The minimum atomic E-state index is -0.338. The van der Waals surface area contributed by atoms with Gasteiger partial charge in [0.15, 0.2) is 0 Å². The third kappa shape index (κ3) is 3.86. The van der Waals surface area contributed by atoms with Crippen molar-refractivity contribution in [2.75, 3.05) is 13.1 Å². The molecule has 2 aromatic rings. The van der Waals surface area contributed by atoms with Gasteiger partial charge in [-0.1, -0.05) is 0 Å². The standard InChI is InChI=1S/C17H19FN4O2/c18-13-3-1-12(2-4-13)17-20-14(9-15(23)21-17)10-22-7-5-11(6-8-22)16(19)24/h1-4,9,11H,5-8,10H2,(H2,19,24)(H,20,21,23). The lowest BCUT2D eigenvalue weighted by molar-refractivity contribution is -0.123. The lowest BCUT2D eigenvalue weighted by Gasteiger charge is -2.30. The van der Waals surface area contributed by atoms with Gasteiger partial charge in [0.05, 0.1) is 5.69 Å². The number of amides is 1. The predicted octanol–water partition coefficient (Wildman–Crippen LogP) is 1.27. The fourth-order valence-electron chi connectivity index (χ4n) is 2.94. The van der Waals surface area contributed by atoms with E-state index in [1.165, 1.54) is 18.2 Å². The summed E-state index contributed by atoms with van der Waals surface area (Å²) in [6.45, 7) is 2.02. The predicted molar refractivity (Wildman–Crippen MR) is 87.4 cm³/mol. The van der Waals surface area contributed by atoms with Crippen LogP contribution in [0.25, 0.3) is 11.4 Å². The van der Waals surface area contributed by atoms with Crippen LogP contribution < -0.4 is 11.3 Å². The molecule has 3 N–H and O–H groups in total. The highest BCUT2D eigenvalue weighted by atomic mass is 19.1. The Labute approximate surface area is 138 Å². The fourth-order valence-corrected chi connectivity index (χ4v) is 2.94. The zero-order valence-electron chi connectivity index (χ0n) is 13.2. The second-order valence-electron chi connectivity index (χ2n) is 6.05. The van der Waals surface area contributed by atoms with E-state index in [4.69, 9.17) is 5.73 Å². The van der Waals surface area contributed by atoms with Crippen molar-refractivity contribution >= 4 is 5.91 Å². The molecule has 3 rings (SSSR count). The average molecular weight is 330 g/mol. The molecule has 1 aliphatic heterocycles. The quantitative estimate of drug-likeness (QED) is 0.883. The summed E-state index contributed by atoms with van der Waals surface area (Å²) in [5.74, 6) is -0.232. The number of carbonyl (C=O) groups is 1. The van der Waals surface area contributed by atoms with E-state index >= 15 is 0 Å². The summed E-state index contributed by atoms with van der Waals surface area (Å²) in [5, 5.41) is 0. The lowest BCUT2D eigenvalue weighted by atomic mass is 9.96. The molecule has 0 unspecified atom stereocenters. The first-order chi connectivity index (χ1) is 11.5. The number of rotatable bonds is 4. The number of likely N-dealkylation sites (tertiary alicyclic amines) is 1. The van der Waals surface area contributed by atoms with Crippen LogP contribution in [0.3, 0.4) is 0 Å². The third-order valence-electron chi connectivity index (χ3n) is 4.29. The minimum absolute atomic E-state index is 0.0665. The van der Waals surface area contributed by atoms with Crippen molar-refractivity contribution in [3.05, 3.63) is 52.2 Å². The molecule has 1 saturated heterocycles. The van der Waals surface area contributed by atoms with Crippen LogP contribution in [0.15, 0.2) is 35.1 Å². The summed E-state index contributed by atoms with van der Waals surface area (Å²) in [7, 11) is 0. The van der Waals surface area contributed by atoms with Crippen molar-refractivity contribution in [2.24, 2.45) is 11.7 Å². The van der Waals surface area contributed by atoms with Crippen molar-refractivity contribution in [1.29, 1.82) is 0 Å².